The molecule has 0 amide bonds. The number of halogens is 2. The van der Waals surface area contributed by atoms with Crippen LogP contribution in [0.2, 0.25) is 0 Å². The van der Waals surface area contributed by atoms with Crippen molar-refractivity contribution in [1.29, 1.82) is 0 Å². The fourth-order valence-electron chi connectivity index (χ4n) is 2.15. The van der Waals surface area contributed by atoms with Gasteiger partial charge < -0.3 is 0 Å². The van der Waals surface area contributed by atoms with Gasteiger partial charge in [0.05, 0.1) is 0 Å². The molecule has 0 nitrogen and oxygen atoms in total. The van der Waals surface area contributed by atoms with Gasteiger partial charge in [0.1, 0.15) is 5.82 Å². The van der Waals surface area contributed by atoms with Crippen LogP contribution >= 0.6 is 15.9 Å². The normalized spacial score (nSPS) is 13.6. The highest BCUT2D eigenvalue weighted by molar-refractivity contribution is 9.09. The lowest BCUT2D eigenvalue weighted by atomic mass is 9.87. The first-order valence-corrected chi connectivity index (χ1v) is 7.83. The van der Waals surface area contributed by atoms with E-state index in [-0.39, 0.29) is 5.82 Å². The van der Waals surface area contributed by atoms with E-state index in [9.17, 15) is 4.39 Å². The Kier molecular flexibility index (Phi) is 6.34. The molecule has 1 rings (SSSR count). The zero-order chi connectivity index (χ0) is 13.6. The van der Waals surface area contributed by atoms with Crippen LogP contribution in [0.5, 0.6) is 0 Å². The van der Waals surface area contributed by atoms with Gasteiger partial charge in [0, 0.05) is 5.33 Å². The molecule has 1 aromatic carbocycles. The molecule has 1 atom stereocenters. The summed E-state index contributed by atoms with van der Waals surface area (Å²) in [5.41, 5.74) is 1.52. The molecule has 0 aliphatic heterocycles. The van der Waals surface area contributed by atoms with E-state index in [1.807, 2.05) is 6.07 Å². The van der Waals surface area contributed by atoms with Crippen molar-refractivity contribution in [2.45, 2.75) is 46.5 Å². The third kappa shape index (κ3) is 6.53. The molecule has 1 aromatic rings. The summed E-state index contributed by atoms with van der Waals surface area (Å²) in [6.07, 6.45) is 4.67. The van der Waals surface area contributed by atoms with Crippen molar-refractivity contribution in [3.05, 3.63) is 35.6 Å². The molecular formula is C16H24BrF. The van der Waals surface area contributed by atoms with Crippen molar-refractivity contribution in [2.75, 3.05) is 5.33 Å². The molecule has 0 N–H and O–H groups in total. The summed E-state index contributed by atoms with van der Waals surface area (Å²) in [5.74, 6) is 0.477. The van der Waals surface area contributed by atoms with E-state index in [0.717, 1.165) is 17.3 Å². The van der Waals surface area contributed by atoms with E-state index < -0.39 is 0 Å². The van der Waals surface area contributed by atoms with Gasteiger partial charge in [0.25, 0.3) is 0 Å². The molecule has 0 radical (unpaired) electrons. The summed E-state index contributed by atoms with van der Waals surface area (Å²) >= 11 is 3.58. The summed E-state index contributed by atoms with van der Waals surface area (Å²) in [6.45, 7) is 6.84. The highest BCUT2D eigenvalue weighted by atomic mass is 79.9. The topological polar surface area (TPSA) is 0 Å². The van der Waals surface area contributed by atoms with Crippen molar-refractivity contribution in [1.82, 2.24) is 0 Å². The van der Waals surface area contributed by atoms with E-state index in [1.54, 1.807) is 12.1 Å². The van der Waals surface area contributed by atoms with Crippen LogP contribution in [-0.2, 0) is 6.42 Å². The van der Waals surface area contributed by atoms with Gasteiger partial charge in [-0.2, -0.15) is 0 Å². The molecule has 18 heavy (non-hydrogen) atoms. The number of hydrogen-bond acceptors (Lipinski definition) is 0. The van der Waals surface area contributed by atoms with Crippen molar-refractivity contribution < 1.29 is 4.39 Å². The molecule has 0 saturated carbocycles. The number of alkyl halides is 1. The minimum Gasteiger partial charge on any atom is -0.207 e. The average molecular weight is 315 g/mol. The van der Waals surface area contributed by atoms with Crippen LogP contribution < -0.4 is 0 Å². The van der Waals surface area contributed by atoms with E-state index in [2.05, 4.69) is 36.7 Å². The van der Waals surface area contributed by atoms with Gasteiger partial charge in [-0.05, 0) is 48.3 Å². The van der Waals surface area contributed by atoms with E-state index >= 15 is 0 Å². The first-order chi connectivity index (χ1) is 8.40. The zero-order valence-corrected chi connectivity index (χ0v) is 13.3. The summed E-state index contributed by atoms with van der Waals surface area (Å²) in [5, 5.41) is 0.994. The van der Waals surface area contributed by atoms with Crippen molar-refractivity contribution in [3.63, 3.8) is 0 Å². The molecule has 2 heteroatoms. The lowest BCUT2D eigenvalue weighted by molar-refractivity contribution is 0.344. The fourth-order valence-corrected chi connectivity index (χ4v) is 2.70. The third-order valence-electron chi connectivity index (χ3n) is 3.17. The van der Waals surface area contributed by atoms with Gasteiger partial charge in [-0.25, -0.2) is 4.39 Å². The molecule has 0 aliphatic carbocycles. The first kappa shape index (κ1) is 15.7. The summed E-state index contributed by atoms with van der Waals surface area (Å²) in [6, 6.07) is 6.97. The SMILES string of the molecule is CC(C)(C)CCCC(CBr)Cc1cccc(F)c1. The predicted octanol–water partition coefficient (Wildman–Crippen LogP) is 5.60. The zero-order valence-electron chi connectivity index (χ0n) is 11.7. The van der Waals surface area contributed by atoms with Crippen molar-refractivity contribution in [3.8, 4) is 0 Å². The third-order valence-corrected chi connectivity index (χ3v) is 4.09. The van der Waals surface area contributed by atoms with Crippen LogP contribution in [0.15, 0.2) is 24.3 Å². The van der Waals surface area contributed by atoms with Crippen LogP contribution in [0.1, 0.15) is 45.6 Å². The lowest BCUT2D eigenvalue weighted by Gasteiger charge is -2.20. The molecule has 0 fully saturated rings. The Labute approximate surface area is 119 Å². The summed E-state index contributed by atoms with van der Waals surface area (Å²) in [7, 11) is 0. The molecular weight excluding hydrogens is 291 g/mol. The smallest absolute Gasteiger partial charge is 0.123 e. The van der Waals surface area contributed by atoms with Crippen molar-refractivity contribution >= 4 is 15.9 Å². The second-order valence-corrected chi connectivity index (χ2v) is 6.95. The minimum absolute atomic E-state index is 0.129. The lowest BCUT2D eigenvalue weighted by Crippen LogP contribution is -2.10. The molecule has 0 aromatic heterocycles. The number of rotatable bonds is 6. The molecule has 0 saturated heterocycles. The monoisotopic (exact) mass is 314 g/mol. The second kappa shape index (κ2) is 7.28. The van der Waals surface area contributed by atoms with Gasteiger partial charge in [-0.3, -0.25) is 0 Å². The highest BCUT2D eigenvalue weighted by Crippen LogP contribution is 2.25. The Balaban J connectivity index is 2.42. The Hall–Kier alpha value is -0.370. The Morgan fingerprint density at radius 2 is 2.00 bits per heavy atom. The van der Waals surface area contributed by atoms with Gasteiger partial charge in [0.15, 0.2) is 0 Å². The molecule has 0 heterocycles. The summed E-state index contributed by atoms with van der Waals surface area (Å²) < 4.78 is 13.1. The molecule has 1 unspecified atom stereocenters. The van der Waals surface area contributed by atoms with Gasteiger partial charge in [0.2, 0.25) is 0 Å². The first-order valence-electron chi connectivity index (χ1n) is 6.71. The standard InChI is InChI=1S/C16H24BrF/c1-16(2,3)9-5-7-14(12-17)10-13-6-4-8-15(18)11-13/h4,6,8,11,14H,5,7,9-10,12H2,1-3H3. The van der Waals surface area contributed by atoms with Crippen LogP contribution in [0, 0.1) is 17.2 Å². The Morgan fingerprint density at radius 1 is 1.28 bits per heavy atom. The Morgan fingerprint density at radius 3 is 2.56 bits per heavy atom. The van der Waals surface area contributed by atoms with Crippen molar-refractivity contribution in [2.24, 2.45) is 11.3 Å². The highest BCUT2D eigenvalue weighted by Gasteiger charge is 2.13. The van der Waals surface area contributed by atoms with Crippen LogP contribution in [-0.4, -0.2) is 5.33 Å². The van der Waals surface area contributed by atoms with Gasteiger partial charge in [-0.1, -0.05) is 55.3 Å². The molecule has 0 bridgehead atoms. The van der Waals surface area contributed by atoms with Gasteiger partial charge >= 0.3 is 0 Å². The molecule has 0 spiro atoms. The maximum Gasteiger partial charge on any atom is 0.123 e. The second-order valence-electron chi connectivity index (χ2n) is 6.31. The average Bonchev–Trinajstić information content (AvgIpc) is 2.26. The van der Waals surface area contributed by atoms with Crippen LogP contribution in [0.25, 0.3) is 0 Å². The minimum atomic E-state index is -0.129. The maximum absolute atomic E-state index is 13.1. The largest absolute Gasteiger partial charge is 0.207 e. The number of hydrogen-bond donors (Lipinski definition) is 0. The van der Waals surface area contributed by atoms with Crippen LogP contribution in [0.4, 0.5) is 4.39 Å². The van der Waals surface area contributed by atoms with E-state index in [4.69, 9.17) is 0 Å². The quantitative estimate of drug-likeness (QED) is 0.600. The van der Waals surface area contributed by atoms with Crippen LogP contribution in [0.3, 0.4) is 0 Å². The molecule has 102 valence electrons. The molecule has 0 aliphatic rings. The van der Waals surface area contributed by atoms with E-state index in [0.29, 0.717) is 11.3 Å². The van der Waals surface area contributed by atoms with E-state index in [1.165, 1.54) is 25.3 Å². The van der Waals surface area contributed by atoms with Gasteiger partial charge in [-0.15, -0.1) is 0 Å². The maximum atomic E-state index is 13.1. The summed E-state index contributed by atoms with van der Waals surface area (Å²) in [4.78, 5) is 0. The number of benzene rings is 1. The Bertz CT molecular complexity index is 354. The fraction of sp³-hybridized carbons (Fsp3) is 0.625. The predicted molar refractivity (Wildman–Crippen MR) is 80.7 cm³/mol.